The van der Waals surface area contributed by atoms with E-state index in [0.29, 0.717) is 11.4 Å². The van der Waals surface area contributed by atoms with Crippen LogP contribution in [0.5, 0.6) is 5.75 Å². The smallest absolute Gasteiger partial charge is 0.267 e. The standard InChI is InChI=1S/C26H25N5O4/c1-18(31-25(33)15-13-23(29-31)19-6-4-3-5-7-19)26(34)27-16-17-30-24(32)14-12-22(28-30)20-8-10-21(35-2)11-9-20/h3-15,18H,16-17H2,1-2H3,(H,27,34). The molecule has 4 aromatic rings. The summed E-state index contributed by atoms with van der Waals surface area (Å²) in [7, 11) is 1.59. The number of hydrogen-bond donors (Lipinski definition) is 1. The SMILES string of the molecule is COc1ccc(-c2ccc(=O)n(CCNC(=O)C(C)n3nc(-c4ccccc4)ccc3=O)n2)cc1. The molecule has 1 N–H and O–H groups in total. The highest BCUT2D eigenvalue weighted by atomic mass is 16.5. The Hall–Kier alpha value is -4.53. The highest BCUT2D eigenvalue weighted by molar-refractivity contribution is 5.79. The van der Waals surface area contributed by atoms with Crippen LogP contribution in [0.1, 0.15) is 13.0 Å². The summed E-state index contributed by atoms with van der Waals surface area (Å²) >= 11 is 0. The number of nitrogens with zero attached hydrogens (tertiary/aromatic N) is 4. The lowest BCUT2D eigenvalue weighted by Crippen LogP contribution is -2.39. The maximum Gasteiger partial charge on any atom is 0.267 e. The Balaban J connectivity index is 1.43. The van der Waals surface area contributed by atoms with Gasteiger partial charge in [0.25, 0.3) is 11.1 Å². The van der Waals surface area contributed by atoms with Gasteiger partial charge in [0.1, 0.15) is 11.8 Å². The lowest BCUT2D eigenvalue weighted by molar-refractivity contribution is -0.124. The van der Waals surface area contributed by atoms with Gasteiger partial charge in [0.15, 0.2) is 0 Å². The molecule has 1 unspecified atom stereocenters. The molecule has 9 nitrogen and oxygen atoms in total. The van der Waals surface area contributed by atoms with Crippen LogP contribution in [0.25, 0.3) is 22.5 Å². The predicted molar refractivity (Wildman–Crippen MR) is 132 cm³/mol. The van der Waals surface area contributed by atoms with E-state index < -0.39 is 6.04 Å². The number of carbonyl (C=O) groups excluding carboxylic acids is 1. The molecule has 0 bridgehead atoms. The second kappa shape index (κ2) is 10.6. The minimum atomic E-state index is -0.832. The molecule has 0 saturated carbocycles. The number of carbonyl (C=O) groups is 1. The van der Waals surface area contributed by atoms with Crippen molar-refractivity contribution in [2.24, 2.45) is 0 Å². The van der Waals surface area contributed by atoms with E-state index in [0.717, 1.165) is 21.6 Å². The van der Waals surface area contributed by atoms with Crippen molar-refractivity contribution in [1.82, 2.24) is 24.9 Å². The Bertz CT molecular complexity index is 1430. The number of hydrogen-bond acceptors (Lipinski definition) is 6. The van der Waals surface area contributed by atoms with Crippen LogP contribution < -0.4 is 21.2 Å². The molecular weight excluding hydrogens is 446 g/mol. The normalized spacial score (nSPS) is 11.6. The molecule has 0 saturated heterocycles. The second-order valence-electron chi connectivity index (χ2n) is 7.84. The zero-order valence-electron chi connectivity index (χ0n) is 19.4. The topological polar surface area (TPSA) is 108 Å². The van der Waals surface area contributed by atoms with E-state index in [2.05, 4.69) is 15.5 Å². The summed E-state index contributed by atoms with van der Waals surface area (Å²) in [6.07, 6.45) is 0. The molecular formula is C26H25N5O4. The number of ether oxygens (including phenoxy) is 1. The van der Waals surface area contributed by atoms with Crippen molar-refractivity contribution >= 4 is 5.91 Å². The summed E-state index contributed by atoms with van der Waals surface area (Å²) in [6, 6.07) is 22.0. The number of nitrogens with one attached hydrogen (secondary N) is 1. The minimum absolute atomic E-state index is 0.162. The minimum Gasteiger partial charge on any atom is -0.497 e. The summed E-state index contributed by atoms with van der Waals surface area (Å²) in [5.41, 5.74) is 2.24. The van der Waals surface area contributed by atoms with Crippen LogP contribution in [-0.4, -0.2) is 39.1 Å². The maximum atomic E-state index is 12.7. The fourth-order valence-corrected chi connectivity index (χ4v) is 3.53. The second-order valence-corrected chi connectivity index (χ2v) is 7.84. The van der Waals surface area contributed by atoms with Gasteiger partial charge in [-0.3, -0.25) is 14.4 Å². The van der Waals surface area contributed by atoms with Gasteiger partial charge < -0.3 is 10.1 Å². The Kier molecular flexibility index (Phi) is 7.15. The van der Waals surface area contributed by atoms with E-state index in [9.17, 15) is 14.4 Å². The van der Waals surface area contributed by atoms with Crippen LogP contribution in [0.3, 0.4) is 0 Å². The predicted octanol–water partition coefficient (Wildman–Crippen LogP) is 2.52. The molecule has 2 heterocycles. The van der Waals surface area contributed by atoms with Gasteiger partial charge in [-0.1, -0.05) is 30.3 Å². The van der Waals surface area contributed by atoms with Gasteiger partial charge in [-0.2, -0.15) is 10.2 Å². The van der Waals surface area contributed by atoms with Gasteiger partial charge in [0.2, 0.25) is 5.91 Å². The quantitative estimate of drug-likeness (QED) is 0.423. The molecule has 35 heavy (non-hydrogen) atoms. The molecule has 0 spiro atoms. The Morgan fingerprint density at radius 1 is 0.857 bits per heavy atom. The van der Waals surface area contributed by atoms with Crippen LogP contribution >= 0.6 is 0 Å². The van der Waals surface area contributed by atoms with Crippen molar-refractivity contribution in [2.45, 2.75) is 19.5 Å². The van der Waals surface area contributed by atoms with E-state index in [1.54, 1.807) is 26.2 Å². The monoisotopic (exact) mass is 471 g/mol. The highest BCUT2D eigenvalue weighted by Gasteiger charge is 2.18. The highest BCUT2D eigenvalue weighted by Crippen LogP contribution is 2.19. The Morgan fingerprint density at radius 3 is 2.17 bits per heavy atom. The summed E-state index contributed by atoms with van der Waals surface area (Å²) in [6.45, 7) is 1.94. The fraction of sp³-hybridized carbons (Fsp3) is 0.192. The summed E-state index contributed by atoms with van der Waals surface area (Å²) < 4.78 is 7.63. The average molecular weight is 472 g/mol. The molecule has 4 rings (SSSR count). The van der Waals surface area contributed by atoms with Crippen molar-refractivity contribution in [3.8, 4) is 28.3 Å². The largest absolute Gasteiger partial charge is 0.497 e. The van der Waals surface area contributed by atoms with Gasteiger partial charge >= 0.3 is 0 Å². The fourth-order valence-electron chi connectivity index (χ4n) is 3.53. The van der Waals surface area contributed by atoms with E-state index in [1.165, 1.54) is 16.8 Å². The number of amides is 1. The third-order valence-corrected chi connectivity index (χ3v) is 5.52. The van der Waals surface area contributed by atoms with Crippen LogP contribution in [0.15, 0.2) is 88.5 Å². The first-order valence-electron chi connectivity index (χ1n) is 11.1. The van der Waals surface area contributed by atoms with E-state index in [4.69, 9.17) is 4.74 Å². The molecule has 0 aliphatic carbocycles. The van der Waals surface area contributed by atoms with E-state index in [1.807, 2.05) is 54.6 Å². The third-order valence-electron chi connectivity index (χ3n) is 5.52. The zero-order valence-corrected chi connectivity index (χ0v) is 19.4. The van der Waals surface area contributed by atoms with Crippen molar-refractivity contribution in [2.75, 3.05) is 13.7 Å². The summed E-state index contributed by atoms with van der Waals surface area (Å²) in [5, 5.41) is 11.5. The maximum absolute atomic E-state index is 12.7. The lowest BCUT2D eigenvalue weighted by Gasteiger charge is -2.15. The molecule has 0 radical (unpaired) electrons. The number of aromatic nitrogens is 4. The van der Waals surface area contributed by atoms with E-state index in [-0.39, 0.29) is 30.1 Å². The molecule has 1 amide bonds. The molecule has 2 aromatic heterocycles. The summed E-state index contributed by atoms with van der Waals surface area (Å²) in [4.78, 5) is 37.4. The number of benzene rings is 2. The molecule has 2 aromatic carbocycles. The Labute approximate surface area is 201 Å². The molecule has 9 heteroatoms. The van der Waals surface area contributed by atoms with Crippen molar-refractivity contribution in [3.63, 3.8) is 0 Å². The first kappa shape index (κ1) is 23.6. The number of methoxy groups -OCH3 is 1. The van der Waals surface area contributed by atoms with Crippen molar-refractivity contribution < 1.29 is 9.53 Å². The van der Waals surface area contributed by atoms with Gasteiger partial charge in [0, 0.05) is 29.8 Å². The third kappa shape index (κ3) is 5.52. The first-order valence-corrected chi connectivity index (χ1v) is 11.1. The van der Waals surface area contributed by atoms with E-state index >= 15 is 0 Å². The van der Waals surface area contributed by atoms with Crippen LogP contribution in [0, 0.1) is 0 Å². The van der Waals surface area contributed by atoms with Crippen molar-refractivity contribution in [1.29, 1.82) is 0 Å². The van der Waals surface area contributed by atoms with Crippen LogP contribution in [-0.2, 0) is 11.3 Å². The lowest BCUT2D eigenvalue weighted by atomic mass is 10.1. The van der Waals surface area contributed by atoms with Gasteiger partial charge in [-0.15, -0.1) is 0 Å². The Morgan fingerprint density at radius 2 is 1.49 bits per heavy atom. The van der Waals surface area contributed by atoms with Crippen LogP contribution in [0.4, 0.5) is 0 Å². The van der Waals surface area contributed by atoms with Gasteiger partial charge in [-0.25, -0.2) is 9.36 Å². The summed E-state index contributed by atoms with van der Waals surface area (Å²) in [5.74, 6) is 0.339. The molecule has 0 fully saturated rings. The zero-order chi connectivity index (χ0) is 24.8. The van der Waals surface area contributed by atoms with Gasteiger partial charge in [-0.05, 0) is 43.3 Å². The molecule has 178 valence electrons. The van der Waals surface area contributed by atoms with Crippen LogP contribution in [0.2, 0.25) is 0 Å². The molecule has 1 atom stereocenters. The molecule has 0 aliphatic rings. The van der Waals surface area contributed by atoms with Gasteiger partial charge in [0.05, 0.1) is 25.0 Å². The number of rotatable bonds is 8. The average Bonchev–Trinajstić information content (AvgIpc) is 2.90. The first-order chi connectivity index (χ1) is 17.0. The molecule has 0 aliphatic heterocycles. The van der Waals surface area contributed by atoms with Crippen molar-refractivity contribution in [3.05, 3.63) is 99.6 Å².